The summed E-state index contributed by atoms with van der Waals surface area (Å²) in [5.41, 5.74) is 6.37. The van der Waals surface area contributed by atoms with Crippen molar-refractivity contribution < 1.29 is 29.0 Å². The molecule has 3 amide bonds. The van der Waals surface area contributed by atoms with E-state index in [-0.39, 0.29) is 18.1 Å². The van der Waals surface area contributed by atoms with Gasteiger partial charge in [0, 0.05) is 5.75 Å². The summed E-state index contributed by atoms with van der Waals surface area (Å²) in [5, 5.41) is 20.5. The Balaban J connectivity index is 1.13. The van der Waals surface area contributed by atoms with Gasteiger partial charge in [-0.2, -0.15) is 0 Å². The lowest BCUT2D eigenvalue weighted by Gasteiger charge is -2.37. The molecule has 0 radical (unpaired) electrons. The summed E-state index contributed by atoms with van der Waals surface area (Å²) in [5.74, 6) is -1.79. The van der Waals surface area contributed by atoms with Gasteiger partial charge in [0.2, 0.25) is 17.7 Å². The van der Waals surface area contributed by atoms with Crippen LogP contribution in [0, 0.1) is 5.92 Å². The summed E-state index contributed by atoms with van der Waals surface area (Å²) in [4.78, 5) is 56.2. The Morgan fingerprint density at radius 2 is 1.01 bits per heavy atom. The number of hydrogen-bond donors (Lipinski definition) is 4. The molecule has 0 aromatic heterocycles. The van der Waals surface area contributed by atoms with Gasteiger partial charge in [0.05, 0.1) is 34.5 Å². The maximum Gasteiger partial charge on any atom is 0.309 e. The summed E-state index contributed by atoms with van der Waals surface area (Å²) in [6.07, 6.45) is 1.79. The minimum Gasteiger partial charge on any atom is -0.457 e. The fourth-order valence-electron chi connectivity index (χ4n) is 9.10. The van der Waals surface area contributed by atoms with E-state index in [9.17, 15) is 24.3 Å². The molecule has 1 saturated heterocycles. The summed E-state index contributed by atoms with van der Waals surface area (Å²) in [6, 6.07) is 58.4. The summed E-state index contributed by atoms with van der Waals surface area (Å²) in [7, 11) is 0. The number of amides is 3. The number of allylic oxidation sites excluding steroid dienone is 1. The van der Waals surface area contributed by atoms with Crippen LogP contribution in [0.2, 0.25) is 0 Å². The van der Waals surface area contributed by atoms with Crippen LogP contribution in [-0.4, -0.2) is 70.6 Å². The number of carbonyl (C=O) groups is 4. The van der Waals surface area contributed by atoms with Crippen molar-refractivity contribution in [1.29, 1.82) is 0 Å². The second kappa shape index (κ2) is 24.9. The van der Waals surface area contributed by atoms with Crippen molar-refractivity contribution in [3.8, 4) is 0 Å². The van der Waals surface area contributed by atoms with Crippen LogP contribution in [0.25, 0.3) is 0 Å². The molecule has 4 N–H and O–H groups in total. The molecule has 0 aliphatic carbocycles. The maximum absolute atomic E-state index is 14.6. The van der Waals surface area contributed by atoms with Crippen molar-refractivity contribution >= 4 is 47.2 Å². The Hall–Kier alpha value is -6.40. The van der Waals surface area contributed by atoms with Gasteiger partial charge in [-0.3, -0.25) is 19.2 Å². The van der Waals surface area contributed by atoms with Crippen LogP contribution in [0.5, 0.6) is 0 Å². The van der Waals surface area contributed by atoms with Gasteiger partial charge in [-0.1, -0.05) is 208 Å². The lowest BCUT2D eigenvalue weighted by Crippen LogP contribution is -2.58. The molecule has 0 unspecified atom stereocenters. The molecule has 1 aliphatic heterocycles. The van der Waals surface area contributed by atoms with Gasteiger partial charge in [-0.25, -0.2) is 0 Å². The summed E-state index contributed by atoms with van der Waals surface area (Å²) >= 11 is 3.30. The first-order valence-electron chi connectivity index (χ1n) is 24.1. The number of aliphatic hydroxyl groups excluding tert-OH is 1. The summed E-state index contributed by atoms with van der Waals surface area (Å²) in [6.45, 7) is 5.41. The highest BCUT2D eigenvalue weighted by Gasteiger charge is 2.41. The predicted octanol–water partition coefficient (Wildman–Crippen LogP) is 9.97. The number of nitrogens with one attached hydrogen (secondary N) is 3. The number of esters is 1. The molecule has 7 rings (SSSR count). The molecule has 0 bridgehead atoms. The van der Waals surface area contributed by atoms with Crippen LogP contribution in [0.15, 0.2) is 194 Å². The van der Waals surface area contributed by atoms with Crippen LogP contribution in [0.4, 0.5) is 0 Å². The van der Waals surface area contributed by atoms with E-state index < -0.39 is 69.9 Å². The third-order valence-electron chi connectivity index (χ3n) is 12.9. The van der Waals surface area contributed by atoms with Crippen LogP contribution in [0.1, 0.15) is 79.8 Å². The number of carbonyl (C=O) groups excluding carboxylic acids is 4. The van der Waals surface area contributed by atoms with Crippen molar-refractivity contribution in [2.45, 2.75) is 86.3 Å². The minimum atomic E-state index is -1.33. The van der Waals surface area contributed by atoms with Gasteiger partial charge < -0.3 is 25.8 Å². The molecule has 0 saturated carbocycles. The van der Waals surface area contributed by atoms with E-state index >= 15 is 0 Å². The largest absolute Gasteiger partial charge is 0.457 e. The highest BCUT2D eigenvalue weighted by molar-refractivity contribution is 8.00. The van der Waals surface area contributed by atoms with Gasteiger partial charge in [-0.05, 0) is 64.5 Å². The van der Waals surface area contributed by atoms with Crippen molar-refractivity contribution in [3.63, 3.8) is 0 Å². The quantitative estimate of drug-likeness (QED) is 0.0326. The average Bonchev–Trinajstić information content (AvgIpc) is 3.39. The zero-order valence-electron chi connectivity index (χ0n) is 40.0. The van der Waals surface area contributed by atoms with Crippen LogP contribution in [-0.2, 0) is 33.4 Å². The first-order chi connectivity index (χ1) is 34.0. The van der Waals surface area contributed by atoms with Crippen LogP contribution < -0.4 is 16.0 Å². The normalized spacial score (nSPS) is 20.3. The average molecular weight is 974 g/mol. The van der Waals surface area contributed by atoms with E-state index in [1.807, 2.05) is 92.7 Å². The Kier molecular flexibility index (Phi) is 18.3. The van der Waals surface area contributed by atoms with Crippen molar-refractivity contribution in [1.82, 2.24) is 16.0 Å². The van der Waals surface area contributed by atoms with Crippen molar-refractivity contribution in [2.75, 3.05) is 11.5 Å². The standard InChI is InChI=1S/C59H63N3O6S2/c1-4-42(2)55-52(63)40-54(65)68-50(37-23-24-38-69-58(44-25-11-5-12-26-44,45-27-13-6-14-28-45)46-29-15-7-16-30-46)39-53(64)60-43(3)56(66)61-51(57(67)62-55)41-70-59(47-31-17-8-18-32-47,48-33-19-9-20-34-48)49-35-21-10-22-36-49/h5-23,25-37,42-43,50-52,55,63H,4,24,38-41H2,1-3H3,(H,60,64)(H,61,66)(H,62,67)/b37-23+/t42-,43+,50+,51+,52-,55+/m0/s1. The smallest absolute Gasteiger partial charge is 0.309 e. The lowest BCUT2D eigenvalue weighted by atomic mass is 9.84. The molecule has 9 nitrogen and oxygen atoms in total. The van der Waals surface area contributed by atoms with E-state index in [2.05, 4.69) is 125 Å². The van der Waals surface area contributed by atoms with Gasteiger partial charge >= 0.3 is 5.97 Å². The van der Waals surface area contributed by atoms with Gasteiger partial charge in [0.25, 0.3) is 0 Å². The molecule has 6 atom stereocenters. The minimum absolute atomic E-state index is 0.108. The molecular formula is C59H63N3O6S2. The van der Waals surface area contributed by atoms with E-state index in [0.717, 1.165) is 33.4 Å². The molecule has 362 valence electrons. The molecule has 1 fully saturated rings. The van der Waals surface area contributed by atoms with E-state index in [1.54, 1.807) is 24.8 Å². The molecule has 11 heteroatoms. The van der Waals surface area contributed by atoms with E-state index in [1.165, 1.54) is 11.8 Å². The number of aliphatic hydroxyl groups is 1. The molecule has 70 heavy (non-hydrogen) atoms. The number of ether oxygens (including phenoxy) is 1. The molecule has 1 heterocycles. The molecule has 0 spiro atoms. The first-order valence-corrected chi connectivity index (χ1v) is 26.1. The highest BCUT2D eigenvalue weighted by atomic mass is 32.2. The summed E-state index contributed by atoms with van der Waals surface area (Å²) < 4.78 is 4.60. The third-order valence-corrected chi connectivity index (χ3v) is 16.2. The van der Waals surface area contributed by atoms with Crippen LogP contribution >= 0.6 is 23.5 Å². The van der Waals surface area contributed by atoms with Crippen molar-refractivity contribution in [2.24, 2.45) is 5.92 Å². The Bertz CT molecular complexity index is 2430. The Labute approximate surface area is 421 Å². The molecule has 6 aromatic rings. The van der Waals surface area contributed by atoms with Crippen molar-refractivity contribution in [3.05, 3.63) is 228 Å². The van der Waals surface area contributed by atoms with Crippen LogP contribution in [0.3, 0.4) is 0 Å². The molecule has 1 aliphatic rings. The fourth-order valence-corrected chi connectivity index (χ4v) is 12.1. The Morgan fingerprint density at radius 1 is 0.600 bits per heavy atom. The topological polar surface area (TPSA) is 134 Å². The first kappa shape index (κ1) is 51.5. The second-order valence-electron chi connectivity index (χ2n) is 17.7. The zero-order valence-corrected chi connectivity index (χ0v) is 41.6. The SMILES string of the molecule is CC[C@H](C)[C@H]1NC(=O)[C@@H](CSC(c2ccccc2)(c2ccccc2)c2ccccc2)NC(=O)[C@@H](C)NC(=O)C[C@@H](/C=C/CCSC(c2ccccc2)(c2ccccc2)c2ccccc2)OC(=O)C[C@@H]1O. The Morgan fingerprint density at radius 3 is 1.43 bits per heavy atom. The maximum atomic E-state index is 14.6. The predicted molar refractivity (Wildman–Crippen MR) is 283 cm³/mol. The van der Waals surface area contributed by atoms with Gasteiger partial charge in [0.1, 0.15) is 18.2 Å². The number of hydrogen-bond acceptors (Lipinski definition) is 8. The second-order valence-corrected chi connectivity index (χ2v) is 20.3. The molecule has 6 aromatic carbocycles. The zero-order chi connectivity index (χ0) is 49.4. The molecular weight excluding hydrogens is 911 g/mol. The van der Waals surface area contributed by atoms with E-state index in [4.69, 9.17) is 4.74 Å². The van der Waals surface area contributed by atoms with Gasteiger partial charge in [-0.15, -0.1) is 23.5 Å². The number of benzene rings is 6. The number of thioether (sulfide) groups is 2. The lowest BCUT2D eigenvalue weighted by molar-refractivity contribution is -0.151. The fraction of sp³-hybridized carbons (Fsp3) is 0.288. The number of rotatable bonds is 16. The van der Waals surface area contributed by atoms with E-state index in [0.29, 0.717) is 18.6 Å². The van der Waals surface area contributed by atoms with Gasteiger partial charge in [0.15, 0.2) is 0 Å². The number of cyclic esters (lactones) is 1. The highest BCUT2D eigenvalue weighted by Crippen LogP contribution is 2.50. The monoisotopic (exact) mass is 973 g/mol. The third kappa shape index (κ3) is 12.5.